The Kier molecular flexibility index (Phi) is 5.99. The fraction of sp³-hybridized carbons (Fsp3) is 0.261. The number of benzene rings is 1. The maximum absolute atomic E-state index is 12.8. The normalized spacial score (nSPS) is 13.8. The van der Waals surface area contributed by atoms with E-state index in [2.05, 4.69) is 30.6 Å². The summed E-state index contributed by atoms with van der Waals surface area (Å²) < 4.78 is 12.2. The lowest BCUT2D eigenvalue weighted by Crippen LogP contribution is -2.36. The third kappa shape index (κ3) is 4.25. The minimum atomic E-state index is -0.203. The number of hydrogen-bond acceptors (Lipinski definition) is 8. The highest BCUT2D eigenvalue weighted by Crippen LogP contribution is 2.36. The fourth-order valence-corrected chi connectivity index (χ4v) is 4.19. The quantitative estimate of drug-likeness (QED) is 0.383. The van der Waals surface area contributed by atoms with Gasteiger partial charge in [0.15, 0.2) is 11.4 Å². The minimum Gasteiger partial charge on any atom is -0.493 e. The van der Waals surface area contributed by atoms with Crippen LogP contribution < -0.4 is 25.8 Å². The number of halogens is 1. The van der Waals surface area contributed by atoms with Crippen molar-refractivity contribution in [1.82, 2.24) is 19.7 Å². The van der Waals surface area contributed by atoms with Gasteiger partial charge >= 0.3 is 0 Å². The van der Waals surface area contributed by atoms with Crippen LogP contribution in [0.5, 0.6) is 5.75 Å². The molecule has 1 fully saturated rings. The van der Waals surface area contributed by atoms with Crippen LogP contribution in [0.3, 0.4) is 0 Å². The first-order valence-corrected chi connectivity index (χ1v) is 11.2. The van der Waals surface area contributed by atoms with Crippen molar-refractivity contribution in [2.45, 2.75) is 0 Å². The zero-order valence-electron chi connectivity index (χ0n) is 18.8. The number of aromatic nitrogens is 4. The summed E-state index contributed by atoms with van der Waals surface area (Å²) in [5, 5.41) is 10.4. The van der Waals surface area contributed by atoms with Crippen molar-refractivity contribution in [3.63, 3.8) is 0 Å². The largest absolute Gasteiger partial charge is 0.493 e. The van der Waals surface area contributed by atoms with Gasteiger partial charge in [0.1, 0.15) is 17.0 Å². The van der Waals surface area contributed by atoms with Crippen molar-refractivity contribution in [3.8, 4) is 5.75 Å². The summed E-state index contributed by atoms with van der Waals surface area (Å²) in [5.41, 5.74) is 2.46. The predicted octanol–water partition coefficient (Wildman–Crippen LogP) is 3.64. The Morgan fingerprint density at radius 2 is 1.94 bits per heavy atom. The van der Waals surface area contributed by atoms with E-state index >= 15 is 0 Å². The zero-order chi connectivity index (χ0) is 23.7. The standard InChI is InChI=1S/C23H24ClN7O3/c1-30-23(32)20-17(26-16-5-3-4-15(24)21(16)33-2)12-19(28-22(20)29-30)27-18-7-6-14(13-25-18)31-8-10-34-11-9-31/h3-7,12-13H,8-11H2,1-2H3,(H3,25,26,27,28,29). The number of aromatic amines is 1. The van der Waals surface area contributed by atoms with Crippen molar-refractivity contribution in [2.24, 2.45) is 7.05 Å². The molecule has 0 unspecified atom stereocenters. The molecule has 1 aliphatic rings. The maximum atomic E-state index is 12.8. The molecule has 10 nitrogen and oxygen atoms in total. The number of anilines is 5. The van der Waals surface area contributed by atoms with Crippen LogP contribution in [0.25, 0.3) is 11.0 Å². The van der Waals surface area contributed by atoms with Crippen molar-refractivity contribution in [2.75, 3.05) is 48.9 Å². The Morgan fingerprint density at radius 3 is 2.68 bits per heavy atom. The number of rotatable bonds is 6. The van der Waals surface area contributed by atoms with Crippen molar-refractivity contribution in [3.05, 3.63) is 58.0 Å². The van der Waals surface area contributed by atoms with Crippen LogP contribution in [0.4, 0.5) is 28.7 Å². The van der Waals surface area contributed by atoms with Crippen LogP contribution in [0, 0.1) is 0 Å². The number of pyridine rings is 2. The van der Waals surface area contributed by atoms with Gasteiger partial charge in [-0.15, -0.1) is 0 Å². The van der Waals surface area contributed by atoms with E-state index < -0.39 is 0 Å². The summed E-state index contributed by atoms with van der Waals surface area (Å²) in [7, 11) is 3.19. The van der Waals surface area contributed by atoms with Crippen LogP contribution in [-0.2, 0) is 11.8 Å². The number of H-pyrrole nitrogens is 1. The van der Waals surface area contributed by atoms with E-state index in [1.54, 1.807) is 32.4 Å². The first-order valence-electron chi connectivity index (χ1n) is 10.8. The highest BCUT2D eigenvalue weighted by Gasteiger charge is 2.17. The Balaban J connectivity index is 1.48. The molecule has 5 rings (SSSR count). The molecule has 0 amide bonds. The molecular weight excluding hydrogens is 458 g/mol. The van der Waals surface area contributed by atoms with Gasteiger partial charge in [0, 0.05) is 26.2 Å². The molecule has 34 heavy (non-hydrogen) atoms. The Hall–Kier alpha value is -3.76. The molecule has 0 radical (unpaired) electrons. The molecule has 11 heteroatoms. The summed E-state index contributed by atoms with van der Waals surface area (Å²) >= 11 is 6.28. The lowest BCUT2D eigenvalue weighted by Gasteiger charge is -2.28. The number of fused-ring (bicyclic) bond motifs is 1. The summed E-state index contributed by atoms with van der Waals surface area (Å²) in [6.07, 6.45) is 1.83. The van der Waals surface area contributed by atoms with E-state index in [4.69, 9.17) is 21.1 Å². The number of para-hydroxylation sites is 1. The third-order valence-corrected chi connectivity index (χ3v) is 5.93. The number of hydrogen-bond donors (Lipinski definition) is 3. The van der Waals surface area contributed by atoms with Gasteiger partial charge in [0.2, 0.25) is 0 Å². The van der Waals surface area contributed by atoms with Crippen LogP contribution in [0.2, 0.25) is 5.02 Å². The summed E-state index contributed by atoms with van der Waals surface area (Å²) in [4.78, 5) is 24.1. The van der Waals surface area contributed by atoms with Crippen LogP contribution in [0.15, 0.2) is 47.4 Å². The number of aryl methyl sites for hydroxylation is 1. The van der Waals surface area contributed by atoms with Gasteiger partial charge in [0.05, 0.1) is 48.6 Å². The topological polar surface area (TPSA) is 109 Å². The molecule has 3 aromatic heterocycles. The molecule has 1 aromatic carbocycles. The first-order chi connectivity index (χ1) is 16.5. The fourth-order valence-electron chi connectivity index (χ4n) is 3.94. The van der Waals surface area contributed by atoms with Crippen molar-refractivity contribution in [1.29, 1.82) is 0 Å². The molecule has 4 aromatic rings. The Morgan fingerprint density at radius 1 is 1.12 bits per heavy atom. The van der Waals surface area contributed by atoms with Gasteiger partial charge in [0.25, 0.3) is 5.56 Å². The minimum absolute atomic E-state index is 0.203. The van der Waals surface area contributed by atoms with Gasteiger partial charge in [-0.3, -0.25) is 14.6 Å². The Bertz CT molecular complexity index is 1380. The third-order valence-electron chi connectivity index (χ3n) is 5.63. The lowest BCUT2D eigenvalue weighted by molar-refractivity contribution is 0.122. The molecule has 176 valence electrons. The second kappa shape index (κ2) is 9.24. The van der Waals surface area contributed by atoms with E-state index in [0.717, 1.165) is 18.8 Å². The average molecular weight is 482 g/mol. The molecule has 0 atom stereocenters. The number of nitrogens with one attached hydrogen (secondary N) is 3. The molecule has 4 heterocycles. The van der Waals surface area contributed by atoms with Gasteiger partial charge < -0.3 is 25.0 Å². The molecule has 0 spiro atoms. The second-order valence-electron chi connectivity index (χ2n) is 7.83. The second-order valence-corrected chi connectivity index (χ2v) is 8.23. The first kappa shape index (κ1) is 22.1. The summed E-state index contributed by atoms with van der Waals surface area (Å²) in [6.45, 7) is 3.12. The van der Waals surface area contributed by atoms with Crippen LogP contribution in [-0.4, -0.2) is 53.2 Å². The molecule has 3 N–H and O–H groups in total. The van der Waals surface area contributed by atoms with E-state index in [1.165, 1.54) is 4.68 Å². The highest BCUT2D eigenvalue weighted by molar-refractivity contribution is 6.32. The van der Waals surface area contributed by atoms with Crippen molar-refractivity contribution < 1.29 is 9.47 Å². The summed E-state index contributed by atoms with van der Waals surface area (Å²) in [5.74, 6) is 1.63. The molecule has 0 bridgehead atoms. The van der Waals surface area contributed by atoms with E-state index in [1.807, 2.05) is 24.4 Å². The van der Waals surface area contributed by atoms with Gasteiger partial charge in [-0.25, -0.2) is 9.97 Å². The monoisotopic (exact) mass is 481 g/mol. The zero-order valence-corrected chi connectivity index (χ0v) is 19.5. The van der Waals surface area contributed by atoms with Gasteiger partial charge in [-0.05, 0) is 24.3 Å². The molecular formula is C23H24ClN7O3. The average Bonchev–Trinajstić information content (AvgIpc) is 3.13. The van der Waals surface area contributed by atoms with Crippen LogP contribution >= 0.6 is 11.6 Å². The number of nitrogens with zero attached hydrogens (tertiary/aromatic N) is 4. The number of ether oxygens (including phenoxy) is 2. The molecule has 0 aliphatic carbocycles. The molecule has 1 saturated heterocycles. The smallest absolute Gasteiger partial charge is 0.277 e. The predicted molar refractivity (Wildman–Crippen MR) is 133 cm³/mol. The number of morpholine rings is 1. The maximum Gasteiger partial charge on any atom is 0.277 e. The van der Waals surface area contributed by atoms with E-state index in [9.17, 15) is 4.79 Å². The van der Waals surface area contributed by atoms with Gasteiger partial charge in [-0.1, -0.05) is 17.7 Å². The highest BCUT2D eigenvalue weighted by atomic mass is 35.5. The van der Waals surface area contributed by atoms with Crippen LogP contribution in [0.1, 0.15) is 0 Å². The van der Waals surface area contributed by atoms with E-state index in [0.29, 0.717) is 58.0 Å². The molecule has 0 saturated carbocycles. The van der Waals surface area contributed by atoms with Gasteiger partial charge in [-0.2, -0.15) is 0 Å². The lowest BCUT2D eigenvalue weighted by atomic mass is 10.2. The van der Waals surface area contributed by atoms with Crippen molar-refractivity contribution >= 4 is 51.3 Å². The summed E-state index contributed by atoms with van der Waals surface area (Å²) in [6, 6.07) is 11.0. The SMILES string of the molecule is COc1c(Cl)cccc1Nc1cc(Nc2ccc(N3CCOCC3)cn2)nc2[nH]n(C)c(=O)c12. The number of methoxy groups -OCH3 is 1. The van der Waals surface area contributed by atoms with E-state index in [-0.39, 0.29) is 5.56 Å². The molecule has 1 aliphatic heterocycles. The Labute approximate surface area is 200 Å².